The van der Waals surface area contributed by atoms with E-state index >= 15 is 0 Å². The number of hydrogen-bond donors (Lipinski definition) is 3. The molecule has 0 aliphatic carbocycles. The van der Waals surface area contributed by atoms with Gasteiger partial charge in [0.15, 0.2) is 6.04 Å². The standard InChI is InChI=1S/C14H11ClFNO3/c15-9-7-8(5-6-12(9)18)13(14(19)20)17-11-4-2-1-3-10(11)16/h1-7,13,17-18H,(H,19,20). The first kappa shape index (κ1) is 14.1. The van der Waals surface area contributed by atoms with Crippen LogP contribution in [0.4, 0.5) is 10.1 Å². The molecule has 0 radical (unpaired) electrons. The van der Waals surface area contributed by atoms with Crippen molar-refractivity contribution in [2.24, 2.45) is 0 Å². The molecule has 0 spiro atoms. The molecular formula is C14H11ClFNO3. The molecule has 1 atom stereocenters. The van der Waals surface area contributed by atoms with E-state index in [9.17, 15) is 19.4 Å². The van der Waals surface area contributed by atoms with Crippen molar-refractivity contribution >= 4 is 23.3 Å². The fourth-order valence-corrected chi connectivity index (χ4v) is 1.91. The van der Waals surface area contributed by atoms with Gasteiger partial charge in [0.1, 0.15) is 11.6 Å². The number of nitrogens with one attached hydrogen (secondary N) is 1. The molecule has 0 aromatic heterocycles. The number of para-hydroxylation sites is 1. The molecule has 3 N–H and O–H groups in total. The summed E-state index contributed by atoms with van der Waals surface area (Å²) in [7, 11) is 0. The fourth-order valence-electron chi connectivity index (χ4n) is 1.72. The normalized spacial score (nSPS) is 11.9. The maximum atomic E-state index is 13.6. The third kappa shape index (κ3) is 3.00. The molecule has 2 rings (SSSR count). The number of aliphatic carboxylic acids is 1. The number of carboxylic acid groups (broad SMARTS) is 1. The first-order valence-electron chi connectivity index (χ1n) is 5.71. The molecule has 0 aliphatic rings. The number of aromatic hydroxyl groups is 1. The average Bonchev–Trinajstić information content (AvgIpc) is 2.41. The van der Waals surface area contributed by atoms with Crippen molar-refractivity contribution in [1.29, 1.82) is 0 Å². The second-order valence-electron chi connectivity index (χ2n) is 4.11. The van der Waals surface area contributed by atoms with Gasteiger partial charge in [-0.05, 0) is 29.8 Å². The van der Waals surface area contributed by atoms with Crippen LogP contribution < -0.4 is 5.32 Å². The topological polar surface area (TPSA) is 69.6 Å². The Morgan fingerprint density at radius 2 is 1.95 bits per heavy atom. The lowest BCUT2D eigenvalue weighted by Crippen LogP contribution is -2.21. The average molecular weight is 296 g/mol. The van der Waals surface area contributed by atoms with Crippen LogP contribution in [0.3, 0.4) is 0 Å². The number of carboxylic acids is 1. The number of hydrogen-bond acceptors (Lipinski definition) is 3. The van der Waals surface area contributed by atoms with Crippen molar-refractivity contribution in [3.63, 3.8) is 0 Å². The molecule has 0 bridgehead atoms. The molecule has 0 saturated carbocycles. The predicted octanol–water partition coefficient (Wildman–Crippen LogP) is 3.42. The highest BCUT2D eigenvalue weighted by Gasteiger charge is 2.21. The number of anilines is 1. The van der Waals surface area contributed by atoms with Gasteiger partial charge < -0.3 is 15.5 Å². The minimum absolute atomic E-state index is 0.0316. The Morgan fingerprint density at radius 1 is 1.25 bits per heavy atom. The van der Waals surface area contributed by atoms with Crippen molar-refractivity contribution in [3.8, 4) is 5.75 Å². The summed E-state index contributed by atoms with van der Waals surface area (Å²) in [5.41, 5.74) is 0.382. The van der Waals surface area contributed by atoms with E-state index in [-0.39, 0.29) is 16.5 Å². The highest BCUT2D eigenvalue weighted by Crippen LogP contribution is 2.29. The van der Waals surface area contributed by atoms with E-state index in [4.69, 9.17) is 11.6 Å². The number of rotatable bonds is 4. The zero-order valence-corrected chi connectivity index (χ0v) is 10.9. The fraction of sp³-hybridized carbons (Fsp3) is 0.0714. The van der Waals surface area contributed by atoms with Crippen LogP contribution in [0.2, 0.25) is 5.02 Å². The smallest absolute Gasteiger partial charge is 0.330 e. The van der Waals surface area contributed by atoms with Crippen molar-refractivity contribution in [2.45, 2.75) is 6.04 Å². The molecule has 0 heterocycles. The van der Waals surface area contributed by atoms with Gasteiger partial charge in [-0.1, -0.05) is 29.8 Å². The molecule has 0 aliphatic heterocycles. The van der Waals surface area contributed by atoms with Crippen molar-refractivity contribution < 1.29 is 19.4 Å². The quantitative estimate of drug-likeness (QED) is 0.808. The molecule has 0 fully saturated rings. The monoisotopic (exact) mass is 295 g/mol. The Morgan fingerprint density at radius 3 is 2.55 bits per heavy atom. The first-order chi connectivity index (χ1) is 9.49. The third-order valence-corrected chi connectivity index (χ3v) is 3.03. The van der Waals surface area contributed by atoms with E-state index in [1.807, 2.05) is 0 Å². The van der Waals surface area contributed by atoms with E-state index in [0.29, 0.717) is 5.56 Å². The Bertz CT molecular complexity index is 648. The van der Waals surface area contributed by atoms with Crippen molar-refractivity contribution in [2.75, 3.05) is 5.32 Å². The summed E-state index contributed by atoms with van der Waals surface area (Å²) in [6.07, 6.45) is 0. The predicted molar refractivity (Wildman–Crippen MR) is 73.5 cm³/mol. The van der Waals surface area contributed by atoms with Crippen LogP contribution in [-0.4, -0.2) is 16.2 Å². The second kappa shape index (κ2) is 5.79. The summed E-state index contributed by atoms with van der Waals surface area (Å²) in [4.78, 5) is 11.3. The van der Waals surface area contributed by atoms with E-state index < -0.39 is 17.8 Å². The van der Waals surface area contributed by atoms with Crippen LogP contribution in [-0.2, 0) is 4.79 Å². The zero-order valence-electron chi connectivity index (χ0n) is 10.2. The van der Waals surface area contributed by atoms with Crippen molar-refractivity contribution in [1.82, 2.24) is 0 Å². The SMILES string of the molecule is O=C(O)C(Nc1ccccc1F)c1ccc(O)c(Cl)c1. The summed E-state index contributed by atoms with van der Waals surface area (Å²) >= 11 is 5.75. The molecule has 0 saturated heterocycles. The first-order valence-corrected chi connectivity index (χ1v) is 6.09. The molecule has 104 valence electrons. The Labute approximate surface area is 119 Å². The van der Waals surface area contributed by atoms with Gasteiger partial charge in [0.2, 0.25) is 0 Å². The number of halogens is 2. The summed E-state index contributed by atoms with van der Waals surface area (Å²) in [5.74, 6) is -1.89. The third-order valence-electron chi connectivity index (χ3n) is 2.73. The summed E-state index contributed by atoms with van der Waals surface area (Å²) in [6, 6.07) is 8.61. The van der Waals surface area contributed by atoms with Crippen LogP contribution >= 0.6 is 11.6 Å². The highest BCUT2D eigenvalue weighted by molar-refractivity contribution is 6.32. The van der Waals surface area contributed by atoms with Crippen LogP contribution in [0.5, 0.6) is 5.75 Å². The lowest BCUT2D eigenvalue weighted by molar-refractivity contribution is -0.138. The van der Waals surface area contributed by atoms with Gasteiger partial charge in [-0.25, -0.2) is 9.18 Å². The van der Waals surface area contributed by atoms with E-state index in [1.165, 1.54) is 36.4 Å². The minimum atomic E-state index is -1.19. The molecule has 4 nitrogen and oxygen atoms in total. The molecule has 2 aromatic rings. The largest absolute Gasteiger partial charge is 0.506 e. The lowest BCUT2D eigenvalue weighted by atomic mass is 10.1. The maximum absolute atomic E-state index is 13.6. The number of carbonyl (C=O) groups is 1. The molecule has 6 heteroatoms. The Kier molecular flexibility index (Phi) is 4.10. The van der Waals surface area contributed by atoms with E-state index in [2.05, 4.69) is 5.32 Å². The van der Waals surface area contributed by atoms with Crippen LogP contribution in [0.25, 0.3) is 0 Å². The molecule has 2 aromatic carbocycles. The lowest BCUT2D eigenvalue weighted by Gasteiger charge is -2.17. The van der Waals surface area contributed by atoms with Gasteiger partial charge in [-0.3, -0.25) is 0 Å². The minimum Gasteiger partial charge on any atom is -0.506 e. The van der Waals surface area contributed by atoms with Crippen LogP contribution in [0.1, 0.15) is 11.6 Å². The van der Waals surface area contributed by atoms with Gasteiger partial charge in [0, 0.05) is 0 Å². The summed E-state index contributed by atoms with van der Waals surface area (Å²) in [5, 5.41) is 21.2. The summed E-state index contributed by atoms with van der Waals surface area (Å²) in [6.45, 7) is 0. The molecule has 1 unspecified atom stereocenters. The van der Waals surface area contributed by atoms with Gasteiger partial charge in [-0.15, -0.1) is 0 Å². The Hall–Kier alpha value is -2.27. The van der Waals surface area contributed by atoms with E-state index in [0.717, 1.165) is 0 Å². The number of benzene rings is 2. The molecule has 0 amide bonds. The Balaban J connectivity index is 2.34. The molecular weight excluding hydrogens is 285 g/mol. The summed E-state index contributed by atoms with van der Waals surface area (Å²) < 4.78 is 13.6. The van der Waals surface area contributed by atoms with Gasteiger partial charge in [0.25, 0.3) is 0 Å². The van der Waals surface area contributed by atoms with Gasteiger partial charge in [0.05, 0.1) is 10.7 Å². The van der Waals surface area contributed by atoms with Crippen LogP contribution in [0, 0.1) is 5.82 Å². The zero-order chi connectivity index (χ0) is 14.7. The van der Waals surface area contributed by atoms with Gasteiger partial charge in [-0.2, -0.15) is 0 Å². The number of phenolic OH excluding ortho intramolecular Hbond substituents is 1. The second-order valence-corrected chi connectivity index (χ2v) is 4.51. The van der Waals surface area contributed by atoms with Crippen LogP contribution in [0.15, 0.2) is 42.5 Å². The molecule has 20 heavy (non-hydrogen) atoms. The highest BCUT2D eigenvalue weighted by atomic mass is 35.5. The number of phenols is 1. The maximum Gasteiger partial charge on any atom is 0.330 e. The van der Waals surface area contributed by atoms with Gasteiger partial charge >= 0.3 is 5.97 Å². The van der Waals surface area contributed by atoms with Crippen molar-refractivity contribution in [3.05, 3.63) is 58.9 Å². The van der Waals surface area contributed by atoms with E-state index in [1.54, 1.807) is 6.07 Å².